The predicted molar refractivity (Wildman–Crippen MR) is 78.2 cm³/mol. The Morgan fingerprint density at radius 1 is 1.45 bits per heavy atom. The smallest absolute Gasteiger partial charge is 0.138 e. The standard InChI is InChI=1S/C16H24FNO2/c1-11-7-12(2)15(14(8-11)19-4)16(3,17)9-13-10-20-6-5-18-13/h7-8,13,18H,5-6,9-10H2,1-4H3. The molecule has 0 aliphatic carbocycles. The van der Waals surface area contributed by atoms with Gasteiger partial charge < -0.3 is 14.8 Å². The van der Waals surface area contributed by atoms with Gasteiger partial charge in [0.15, 0.2) is 0 Å². The third-order valence-electron chi connectivity index (χ3n) is 3.81. The first-order valence-corrected chi connectivity index (χ1v) is 7.10. The Kier molecular flexibility index (Phi) is 4.66. The highest BCUT2D eigenvalue weighted by Gasteiger charge is 2.34. The van der Waals surface area contributed by atoms with Gasteiger partial charge in [0.05, 0.1) is 20.3 Å². The molecule has 0 saturated carbocycles. The van der Waals surface area contributed by atoms with E-state index in [1.54, 1.807) is 14.0 Å². The third-order valence-corrected chi connectivity index (χ3v) is 3.81. The van der Waals surface area contributed by atoms with Crippen molar-refractivity contribution in [2.75, 3.05) is 26.9 Å². The Morgan fingerprint density at radius 2 is 2.20 bits per heavy atom. The van der Waals surface area contributed by atoms with Crippen LogP contribution in [0, 0.1) is 13.8 Å². The number of nitrogens with one attached hydrogen (secondary N) is 1. The lowest BCUT2D eigenvalue weighted by Crippen LogP contribution is -2.44. The van der Waals surface area contributed by atoms with Crippen LogP contribution >= 0.6 is 0 Å². The highest BCUT2D eigenvalue weighted by molar-refractivity contribution is 5.46. The number of methoxy groups -OCH3 is 1. The van der Waals surface area contributed by atoms with E-state index in [1.807, 2.05) is 26.0 Å². The third kappa shape index (κ3) is 3.30. The summed E-state index contributed by atoms with van der Waals surface area (Å²) in [5, 5.41) is 3.31. The molecule has 1 N–H and O–H groups in total. The Morgan fingerprint density at radius 3 is 2.80 bits per heavy atom. The van der Waals surface area contributed by atoms with Crippen molar-refractivity contribution < 1.29 is 13.9 Å². The Hall–Kier alpha value is -1.13. The summed E-state index contributed by atoms with van der Waals surface area (Å²) in [5.74, 6) is 0.629. The van der Waals surface area contributed by atoms with Crippen molar-refractivity contribution in [3.63, 3.8) is 0 Å². The van der Waals surface area contributed by atoms with Gasteiger partial charge in [-0.05, 0) is 38.0 Å². The molecule has 0 spiro atoms. The molecule has 0 aromatic heterocycles. The van der Waals surface area contributed by atoms with Crippen LogP contribution in [0.4, 0.5) is 4.39 Å². The van der Waals surface area contributed by atoms with Crippen LogP contribution < -0.4 is 10.1 Å². The van der Waals surface area contributed by atoms with Crippen molar-refractivity contribution in [2.24, 2.45) is 0 Å². The maximum Gasteiger partial charge on any atom is 0.138 e. The molecule has 1 aliphatic heterocycles. The van der Waals surface area contributed by atoms with Gasteiger partial charge in [0.2, 0.25) is 0 Å². The maximum atomic E-state index is 15.3. The summed E-state index contributed by atoms with van der Waals surface area (Å²) in [6.07, 6.45) is 0.382. The van der Waals surface area contributed by atoms with E-state index in [9.17, 15) is 0 Å². The number of alkyl halides is 1. The fraction of sp³-hybridized carbons (Fsp3) is 0.625. The van der Waals surface area contributed by atoms with Crippen LogP contribution in [0.2, 0.25) is 0 Å². The summed E-state index contributed by atoms with van der Waals surface area (Å²) in [5.41, 5.74) is 1.22. The summed E-state index contributed by atoms with van der Waals surface area (Å²) in [6, 6.07) is 3.94. The minimum atomic E-state index is -1.44. The van der Waals surface area contributed by atoms with Crippen LogP contribution in [0.3, 0.4) is 0 Å². The number of halogens is 1. The van der Waals surface area contributed by atoms with Gasteiger partial charge in [-0.2, -0.15) is 0 Å². The molecule has 0 radical (unpaired) electrons. The van der Waals surface area contributed by atoms with Crippen molar-refractivity contribution >= 4 is 0 Å². The molecule has 20 heavy (non-hydrogen) atoms. The maximum absolute atomic E-state index is 15.3. The number of hydrogen-bond acceptors (Lipinski definition) is 3. The van der Waals surface area contributed by atoms with E-state index in [0.29, 0.717) is 30.9 Å². The van der Waals surface area contributed by atoms with Crippen LogP contribution in [-0.2, 0) is 10.4 Å². The quantitative estimate of drug-likeness (QED) is 0.920. The van der Waals surface area contributed by atoms with Crippen molar-refractivity contribution in [1.29, 1.82) is 0 Å². The first kappa shape index (κ1) is 15.3. The first-order chi connectivity index (χ1) is 9.44. The number of hydrogen-bond donors (Lipinski definition) is 1. The normalized spacial score (nSPS) is 22.4. The molecule has 1 saturated heterocycles. The SMILES string of the molecule is COc1cc(C)cc(C)c1C(C)(F)CC1COCCN1. The second-order valence-corrected chi connectivity index (χ2v) is 5.79. The number of morpholine rings is 1. The average Bonchev–Trinajstić information content (AvgIpc) is 2.37. The zero-order chi connectivity index (χ0) is 14.8. The van der Waals surface area contributed by atoms with E-state index in [0.717, 1.165) is 17.7 Å². The molecule has 4 heteroatoms. The van der Waals surface area contributed by atoms with Crippen molar-refractivity contribution in [2.45, 2.75) is 38.9 Å². The second kappa shape index (κ2) is 6.10. The number of benzene rings is 1. The van der Waals surface area contributed by atoms with Gasteiger partial charge in [-0.25, -0.2) is 4.39 Å². The van der Waals surface area contributed by atoms with E-state index in [-0.39, 0.29) is 6.04 Å². The van der Waals surface area contributed by atoms with E-state index in [1.165, 1.54) is 0 Å². The van der Waals surface area contributed by atoms with Crippen LogP contribution in [0.15, 0.2) is 12.1 Å². The second-order valence-electron chi connectivity index (χ2n) is 5.79. The lowest BCUT2D eigenvalue weighted by molar-refractivity contribution is 0.0466. The van der Waals surface area contributed by atoms with E-state index in [4.69, 9.17) is 9.47 Å². The summed E-state index contributed by atoms with van der Waals surface area (Å²) < 4.78 is 26.1. The molecule has 0 bridgehead atoms. The van der Waals surface area contributed by atoms with Gasteiger partial charge >= 0.3 is 0 Å². The number of rotatable bonds is 4. The summed E-state index contributed by atoms with van der Waals surface area (Å²) in [7, 11) is 1.59. The Balaban J connectivity index is 2.27. The molecule has 1 aliphatic rings. The minimum absolute atomic E-state index is 0.0455. The van der Waals surface area contributed by atoms with Gasteiger partial charge in [-0.15, -0.1) is 0 Å². The molecule has 1 aromatic carbocycles. The van der Waals surface area contributed by atoms with Crippen LogP contribution in [0.1, 0.15) is 30.0 Å². The average molecular weight is 281 g/mol. The van der Waals surface area contributed by atoms with Crippen molar-refractivity contribution in [3.8, 4) is 5.75 Å². The van der Waals surface area contributed by atoms with Crippen LogP contribution in [0.25, 0.3) is 0 Å². The van der Waals surface area contributed by atoms with Crippen molar-refractivity contribution in [3.05, 3.63) is 28.8 Å². The van der Waals surface area contributed by atoms with Gasteiger partial charge in [0.1, 0.15) is 11.4 Å². The molecule has 2 rings (SSSR count). The zero-order valence-corrected chi connectivity index (χ0v) is 12.8. The molecule has 1 aromatic rings. The molecular formula is C16H24FNO2. The highest BCUT2D eigenvalue weighted by Crippen LogP contribution is 2.40. The fourth-order valence-corrected chi connectivity index (χ4v) is 3.07. The lowest BCUT2D eigenvalue weighted by Gasteiger charge is -2.32. The largest absolute Gasteiger partial charge is 0.496 e. The molecule has 112 valence electrons. The van der Waals surface area contributed by atoms with E-state index >= 15 is 4.39 Å². The molecule has 1 fully saturated rings. The Bertz CT molecular complexity index is 468. The zero-order valence-electron chi connectivity index (χ0n) is 12.8. The molecule has 2 atom stereocenters. The van der Waals surface area contributed by atoms with Crippen LogP contribution in [0.5, 0.6) is 5.75 Å². The van der Waals surface area contributed by atoms with Gasteiger partial charge in [0, 0.05) is 24.6 Å². The molecule has 3 nitrogen and oxygen atoms in total. The molecular weight excluding hydrogens is 257 g/mol. The van der Waals surface area contributed by atoms with Gasteiger partial charge in [0.25, 0.3) is 0 Å². The number of ether oxygens (including phenoxy) is 2. The van der Waals surface area contributed by atoms with Crippen LogP contribution in [-0.4, -0.2) is 32.9 Å². The van der Waals surface area contributed by atoms with Crippen molar-refractivity contribution in [1.82, 2.24) is 5.32 Å². The Labute approximate surface area is 120 Å². The summed E-state index contributed by atoms with van der Waals surface area (Å²) in [6.45, 7) is 7.60. The first-order valence-electron chi connectivity index (χ1n) is 7.10. The van der Waals surface area contributed by atoms with E-state index < -0.39 is 5.67 Å². The number of aryl methyl sites for hydroxylation is 2. The van der Waals surface area contributed by atoms with E-state index in [2.05, 4.69) is 5.32 Å². The van der Waals surface area contributed by atoms with Gasteiger partial charge in [-0.3, -0.25) is 0 Å². The van der Waals surface area contributed by atoms with Gasteiger partial charge in [-0.1, -0.05) is 6.07 Å². The topological polar surface area (TPSA) is 30.5 Å². The molecule has 2 unspecified atom stereocenters. The monoisotopic (exact) mass is 281 g/mol. The molecule has 0 amide bonds. The highest BCUT2D eigenvalue weighted by atomic mass is 19.1. The summed E-state index contributed by atoms with van der Waals surface area (Å²) >= 11 is 0. The fourth-order valence-electron chi connectivity index (χ4n) is 3.07. The lowest BCUT2D eigenvalue weighted by atomic mass is 9.86. The summed E-state index contributed by atoms with van der Waals surface area (Å²) in [4.78, 5) is 0. The molecule has 1 heterocycles. The predicted octanol–water partition coefficient (Wildman–Crippen LogP) is 2.88. The minimum Gasteiger partial charge on any atom is -0.496 e.